The van der Waals surface area contributed by atoms with Gasteiger partial charge < -0.3 is 5.32 Å². The van der Waals surface area contributed by atoms with Crippen LogP contribution in [0.5, 0.6) is 0 Å². The van der Waals surface area contributed by atoms with Crippen LogP contribution in [0.1, 0.15) is 55.8 Å². The molecule has 4 nitrogen and oxygen atoms in total. The summed E-state index contributed by atoms with van der Waals surface area (Å²) in [7, 11) is 0. The fourth-order valence-electron chi connectivity index (χ4n) is 2.16. The number of Topliss-reactive ketones (excluding diaryl/α,β-unsaturated/α-hetero) is 1. The minimum Gasteiger partial charge on any atom is -0.355 e. The molecular formula is C18H25NO3S. The van der Waals surface area contributed by atoms with E-state index in [1.54, 1.807) is 0 Å². The molecule has 0 fully saturated rings. The summed E-state index contributed by atoms with van der Waals surface area (Å²) < 4.78 is 0. The summed E-state index contributed by atoms with van der Waals surface area (Å²) in [5.74, 6) is 0.330. The molecule has 0 aliphatic rings. The SMILES string of the molecule is CC(=O)SCC(=O)NCCCCCCCC(=O)c1ccccc1. The van der Waals surface area contributed by atoms with Gasteiger partial charge in [-0.2, -0.15) is 0 Å². The lowest BCUT2D eigenvalue weighted by Crippen LogP contribution is -2.26. The standard InChI is InChI=1S/C18H25NO3S/c1-15(20)23-14-18(22)19-13-9-4-2-3-8-12-17(21)16-10-6-5-7-11-16/h5-7,10-11H,2-4,8-9,12-14H2,1H3,(H,19,22). The molecule has 1 aromatic rings. The van der Waals surface area contributed by atoms with E-state index in [1.807, 2.05) is 30.3 Å². The minimum atomic E-state index is -0.0846. The molecule has 5 heteroatoms. The quantitative estimate of drug-likeness (QED) is 0.496. The van der Waals surface area contributed by atoms with Crippen LogP contribution in [0.2, 0.25) is 0 Å². The maximum absolute atomic E-state index is 11.9. The van der Waals surface area contributed by atoms with Gasteiger partial charge in [0.15, 0.2) is 10.9 Å². The highest BCUT2D eigenvalue weighted by atomic mass is 32.2. The second-order valence-corrected chi connectivity index (χ2v) is 6.59. The van der Waals surface area contributed by atoms with Gasteiger partial charge in [-0.15, -0.1) is 0 Å². The van der Waals surface area contributed by atoms with Crippen LogP contribution >= 0.6 is 11.8 Å². The maximum Gasteiger partial charge on any atom is 0.230 e. The Bertz CT molecular complexity index is 502. The van der Waals surface area contributed by atoms with Crippen LogP contribution in [0.25, 0.3) is 0 Å². The van der Waals surface area contributed by atoms with E-state index in [-0.39, 0.29) is 22.6 Å². The third-order valence-electron chi connectivity index (χ3n) is 3.41. The van der Waals surface area contributed by atoms with Crippen molar-refractivity contribution in [3.63, 3.8) is 0 Å². The van der Waals surface area contributed by atoms with Crippen molar-refractivity contribution in [1.82, 2.24) is 5.32 Å². The van der Waals surface area contributed by atoms with Gasteiger partial charge in [0.1, 0.15) is 0 Å². The van der Waals surface area contributed by atoms with Gasteiger partial charge in [0.05, 0.1) is 5.75 Å². The van der Waals surface area contributed by atoms with Gasteiger partial charge in [-0.3, -0.25) is 14.4 Å². The molecule has 0 saturated carbocycles. The zero-order valence-electron chi connectivity index (χ0n) is 13.7. The molecule has 0 radical (unpaired) electrons. The first-order chi connectivity index (χ1) is 11.1. The molecule has 0 aliphatic carbocycles. The van der Waals surface area contributed by atoms with Crippen molar-refractivity contribution >= 4 is 28.6 Å². The van der Waals surface area contributed by atoms with Crippen molar-refractivity contribution in [1.29, 1.82) is 0 Å². The number of hydrogen-bond acceptors (Lipinski definition) is 4. The number of nitrogens with one attached hydrogen (secondary N) is 1. The summed E-state index contributed by atoms with van der Waals surface area (Å²) in [6, 6.07) is 9.39. The molecule has 0 heterocycles. The Morgan fingerprint density at radius 2 is 1.61 bits per heavy atom. The zero-order valence-corrected chi connectivity index (χ0v) is 14.5. The van der Waals surface area contributed by atoms with Crippen molar-refractivity contribution < 1.29 is 14.4 Å². The molecular weight excluding hydrogens is 310 g/mol. The molecule has 0 saturated heterocycles. The third-order valence-corrected chi connectivity index (χ3v) is 4.22. The van der Waals surface area contributed by atoms with Crippen LogP contribution in [0.3, 0.4) is 0 Å². The highest BCUT2D eigenvalue weighted by Crippen LogP contribution is 2.10. The molecule has 1 amide bonds. The van der Waals surface area contributed by atoms with Gasteiger partial charge in [-0.05, 0) is 12.8 Å². The van der Waals surface area contributed by atoms with Gasteiger partial charge in [0.25, 0.3) is 0 Å². The smallest absolute Gasteiger partial charge is 0.230 e. The normalized spacial score (nSPS) is 10.3. The third kappa shape index (κ3) is 9.89. The first-order valence-corrected chi connectivity index (χ1v) is 9.06. The average molecular weight is 335 g/mol. The van der Waals surface area contributed by atoms with E-state index >= 15 is 0 Å². The number of unbranched alkanes of at least 4 members (excludes halogenated alkanes) is 4. The molecule has 126 valence electrons. The molecule has 1 N–H and O–H groups in total. The largest absolute Gasteiger partial charge is 0.355 e. The number of carbonyl (C=O) groups is 3. The molecule has 0 unspecified atom stereocenters. The summed E-state index contributed by atoms with van der Waals surface area (Å²) in [6.45, 7) is 2.11. The predicted molar refractivity (Wildman–Crippen MR) is 94.6 cm³/mol. The molecule has 0 bridgehead atoms. The topological polar surface area (TPSA) is 63.2 Å². The van der Waals surface area contributed by atoms with Crippen molar-refractivity contribution in [3.05, 3.63) is 35.9 Å². The van der Waals surface area contributed by atoms with E-state index in [0.29, 0.717) is 13.0 Å². The Kier molecular flexibility index (Phi) is 10.0. The molecule has 0 spiro atoms. The van der Waals surface area contributed by atoms with E-state index in [9.17, 15) is 14.4 Å². The Morgan fingerprint density at radius 3 is 2.30 bits per heavy atom. The zero-order chi connectivity index (χ0) is 16.9. The molecule has 0 aromatic heterocycles. The van der Waals surface area contributed by atoms with E-state index < -0.39 is 0 Å². The monoisotopic (exact) mass is 335 g/mol. The lowest BCUT2D eigenvalue weighted by Gasteiger charge is -2.04. The second-order valence-electron chi connectivity index (χ2n) is 5.44. The highest BCUT2D eigenvalue weighted by Gasteiger charge is 2.05. The van der Waals surface area contributed by atoms with Crippen molar-refractivity contribution in [2.45, 2.75) is 45.4 Å². The van der Waals surface area contributed by atoms with Gasteiger partial charge >= 0.3 is 0 Å². The second kappa shape index (κ2) is 11.9. The number of carbonyl (C=O) groups excluding carboxylic acids is 3. The van der Waals surface area contributed by atoms with Crippen LogP contribution in [0.4, 0.5) is 0 Å². The molecule has 1 rings (SSSR count). The van der Waals surface area contributed by atoms with Gasteiger partial charge in [0, 0.05) is 25.5 Å². The Balaban J connectivity index is 1.95. The van der Waals surface area contributed by atoms with Crippen LogP contribution < -0.4 is 5.32 Å². The van der Waals surface area contributed by atoms with Crippen molar-refractivity contribution in [2.24, 2.45) is 0 Å². The first-order valence-electron chi connectivity index (χ1n) is 8.08. The Labute approximate surface area is 142 Å². The van der Waals surface area contributed by atoms with Crippen LogP contribution in [0, 0.1) is 0 Å². The van der Waals surface area contributed by atoms with Crippen molar-refractivity contribution in [3.8, 4) is 0 Å². The number of ketones is 1. The lowest BCUT2D eigenvalue weighted by molar-refractivity contribution is -0.118. The number of thioether (sulfide) groups is 1. The van der Waals surface area contributed by atoms with Gasteiger partial charge in [-0.25, -0.2) is 0 Å². The van der Waals surface area contributed by atoms with Gasteiger partial charge in [-0.1, -0.05) is 61.4 Å². The van der Waals surface area contributed by atoms with E-state index in [2.05, 4.69) is 5.32 Å². The summed E-state index contributed by atoms with van der Waals surface area (Å²) in [5.41, 5.74) is 0.790. The number of rotatable bonds is 11. The fourth-order valence-corrected chi connectivity index (χ4v) is 2.59. The number of benzene rings is 1. The molecule has 0 aliphatic heterocycles. The van der Waals surface area contributed by atoms with Gasteiger partial charge in [0.2, 0.25) is 5.91 Å². The molecule has 23 heavy (non-hydrogen) atoms. The predicted octanol–water partition coefficient (Wildman–Crippen LogP) is 3.61. The molecule has 0 atom stereocenters. The number of amides is 1. The number of hydrogen-bond donors (Lipinski definition) is 1. The van der Waals surface area contributed by atoms with Crippen LogP contribution in [0.15, 0.2) is 30.3 Å². The molecule has 1 aromatic carbocycles. The Hall–Kier alpha value is -1.62. The van der Waals surface area contributed by atoms with Crippen molar-refractivity contribution in [2.75, 3.05) is 12.3 Å². The average Bonchev–Trinajstić information content (AvgIpc) is 2.56. The maximum atomic E-state index is 11.9. The summed E-state index contributed by atoms with van der Waals surface area (Å²) in [4.78, 5) is 34.0. The van der Waals surface area contributed by atoms with E-state index in [0.717, 1.165) is 49.4 Å². The lowest BCUT2D eigenvalue weighted by atomic mass is 10.0. The van der Waals surface area contributed by atoms with E-state index in [4.69, 9.17) is 0 Å². The highest BCUT2D eigenvalue weighted by molar-refractivity contribution is 8.14. The minimum absolute atomic E-state index is 0.0369. The van der Waals surface area contributed by atoms with Crippen LogP contribution in [-0.2, 0) is 9.59 Å². The summed E-state index contributed by atoms with van der Waals surface area (Å²) in [5, 5.41) is 2.77. The summed E-state index contributed by atoms with van der Waals surface area (Å²) >= 11 is 1.03. The van der Waals surface area contributed by atoms with Crippen LogP contribution in [-0.4, -0.2) is 29.1 Å². The first kappa shape index (κ1) is 19.4. The fraction of sp³-hybridized carbons (Fsp3) is 0.500. The summed E-state index contributed by atoms with van der Waals surface area (Å²) in [6.07, 6.45) is 5.59. The van der Waals surface area contributed by atoms with E-state index in [1.165, 1.54) is 6.92 Å². The Morgan fingerprint density at radius 1 is 0.957 bits per heavy atom.